The van der Waals surface area contributed by atoms with Gasteiger partial charge in [0.15, 0.2) is 0 Å². The number of furan rings is 1. The molecule has 4 aromatic rings. The number of benzene rings is 3. The second-order valence-electron chi connectivity index (χ2n) is 4.75. The molecule has 3 heteroatoms. The summed E-state index contributed by atoms with van der Waals surface area (Å²) in [6.07, 6.45) is 0. The van der Waals surface area contributed by atoms with Crippen LogP contribution in [-0.2, 0) is 0 Å². The number of fused-ring (bicyclic) bond motifs is 5. The van der Waals surface area contributed by atoms with Crippen LogP contribution in [0, 0.1) is 0 Å². The molecule has 0 amide bonds. The zero-order valence-electron chi connectivity index (χ0n) is 10.8. The average Bonchev–Trinajstić information content (AvgIpc) is 2.87. The number of halogens is 1. The van der Waals surface area contributed by atoms with Gasteiger partial charge in [0.25, 0.3) is 0 Å². The zero-order chi connectivity index (χ0) is 13.7. The maximum absolute atomic E-state index is 6.09. The molecule has 4 rings (SSSR count). The molecule has 3 aromatic carbocycles. The first kappa shape index (κ1) is 11.8. The van der Waals surface area contributed by atoms with Gasteiger partial charge >= 0.3 is 0 Å². The summed E-state index contributed by atoms with van der Waals surface area (Å²) in [5.41, 5.74) is 1.78. The maximum atomic E-state index is 6.09. The summed E-state index contributed by atoms with van der Waals surface area (Å²) in [5, 5.41) is 4.49. The van der Waals surface area contributed by atoms with E-state index in [1.165, 1.54) is 5.39 Å². The second kappa shape index (κ2) is 4.25. The third-order valence-corrected chi connectivity index (χ3v) is 4.22. The monoisotopic (exact) mass is 326 g/mol. The minimum Gasteiger partial charge on any atom is -0.497 e. The molecule has 0 aliphatic carbocycles. The van der Waals surface area contributed by atoms with Gasteiger partial charge in [-0.3, -0.25) is 0 Å². The molecule has 1 aromatic heterocycles. The lowest BCUT2D eigenvalue weighted by molar-refractivity contribution is 0.415. The lowest BCUT2D eigenvalue weighted by atomic mass is 10.1. The SMILES string of the molecule is COc1cc(Br)c2oc3c4ccccc4ccc3c2c1. The lowest BCUT2D eigenvalue weighted by Crippen LogP contribution is -1.82. The predicted octanol–water partition coefficient (Wildman–Crippen LogP) is 5.51. The van der Waals surface area contributed by atoms with Crippen LogP contribution >= 0.6 is 15.9 Å². The molecule has 0 aliphatic heterocycles. The molecule has 0 N–H and O–H groups in total. The van der Waals surface area contributed by atoms with E-state index in [-0.39, 0.29) is 0 Å². The van der Waals surface area contributed by atoms with E-state index in [1.807, 2.05) is 24.3 Å². The first-order chi connectivity index (χ1) is 9.78. The van der Waals surface area contributed by atoms with Crippen LogP contribution < -0.4 is 4.74 Å². The largest absolute Gasteiger partial charge is 0.497 e. The molecule has 0 radical (unpaired) electrons. The van der Waals surface area contributed by atoms with Gasteiger partial charge in [0.1, 0.15) is 16.9 Å². The highest BCUT2D eigenvalue weighted by Gasteiger charge is 2.13. The fraction of sp³-hybridized carbons (Fsp3) is 0.0588. The summed E-state index contributed by atoms with van der Waals surface area (Å²) >= 11 is 3.56. The van der Waals surface area contributed by atoms with Crippen molar-refractivity contribution >= 4 is 48.6 Å². The van der Waals surface area contributed by atoms with Gasteiger partial charge < -0.3 is 9.15 Å². The first-order valence-electron chi connectivity index (χ1n) is 6.35. The minimum absolute atomic E-state index is 0.820. The molecule has 0 bridgehead atoms. The molecule has 1 heterocycles. The van der Waals surface area contributed by atoms with Crippen molar-refractivity contribution in [3.05, 3.63) is 53.0 Å². The van der Waals surface area contributed by atoms with Gasteiger partial charge in [-0.2, -0.15) is 0 Å². The molecule has 0 spiro atoms. The number of hydrogen-bond acceptors (Lipinski definition) is 2. The number of hydrogen-bond donors (Lipinski definition) is 0. The fourth-order valence-electron chi connectivity index (χ4n) is 2.66. The van der Waals surface area contributed by atoms with Crippen LogP contribution in [-0.4, -0.2) is 7.11 Å². The standard InChI is InChI=1S/C17H11BrO2/c1-19-11-8-14-13-7-6-10-4-2-3-5-12(10)16(13)20-17(14)15(18)9-11/h2-9H,1H3. The highest BCUT2D eigenvalue weighted by molar-refractivity contribution is 9.10. The van der Waals surface area contributed by atoms with E-state index in [0.717, 1.165) is 37.5 Å². The van der Waals surface area contributed by atoms with Crippen molar-refractivity contribution in [1.82, 2.24) is 0 Å². The van der Waals surface area contributed by atoms with Gasteiger partial charge in [0.05, 0.1) is 11.6 Å². The molecule has 20 heavy (non-hydrogen) atoms. The Bertz CT molecular complexity index is 953. The van der Waals surface area contributed by atoms with E-state index in [0.29, 0.717) is 0 Å². The zero-order valence-corrected chi connectivity index (χ0v) is 12.4. The molecule has 0 atom stereocenters. The molecular weight excluding hydrogens is 316 g/mol. The third kappa shape index (κ3) is 1.56. The smallest absolute Gasteiger partial charge is 0.149 e. The van der Waals surface area contributed by atoms with E-state index in [1.54, 1.807) is 7.11 Å². The molecule has 0 unspecified atom stereocenters. The Morgan fingerprint density at radius 1 is 0.900 bits per heavy atom. The van der Waals surface area contributed by atoms with Crippen molar-refractivity contribution in [2.24, 2.45) is 0 Å². The molecule has 0 saturated carbocycles. The van der Waals surface area contributed by atoms with Crippen LogP contribution in [0.5, 0.6) is 5.75 Å². The van der Waals surface area contributed by atoms with E-state index < -0.39 is 0 Å². The fourth-order valence-corrected chi connectivity index (χ4v) is 3.18. The summed E-state index contributed by atoms with van der Waals surface area (Å²) in [4.78, 5) is 0. The molecule has 98 valence electrons. The van der Waals surface area contributed by atoms with Crippen molar-refractivity contribution in [3.8, 4) is 5.75 Å². The summed E-state index contributed by atoms with van der Waals surface area (Å²) in [7, 11) is 1.67. The van der Waals surface area contributed by atoms with Gasteiger partial charge in [-0.25, -0.2) is 0 Å². The van der Waals surface area contributed by atoms with Gasteiger partial charge in [-0.1, -0.05) is 30.3 Å². The van der Waals surface area contributed by atoms with Crippen LogP contribution in [0.1, 0.15) is 0 Å². The van der Waals surface area contributed by atoms with Crippen LogP contribution in [0.25, 0.3) is 32.7 Å². The lowest BCUT2D eigenvalue weighted by Gasteiger charge is -2.00. The van der Waals surface area contributed by atoms with Crippen LogP contribution in [0.2, 0.25) is 0 Å². The Morgan fingerprint density at radius 2 is 1.75 bits per heavy atom. The summed E-state index contributed by atoms with van der Waals surface area (Å²) in [6.45, 7) is 0. The van der Waals surface area contributed by atoms with Crippen LogP contribution in [0.15, 0.2) is 57.4 Å². The topological polar surface area (TPSA) is 22.4 Å². The Balaban J connectivity index is 2.24. The van der Waals surface area contributed by atoms with Crippen LogP contribution in [0.3, 0.4) is 0 Å². The second-order valence-corrected chi connectivity index (χ2v) is 5.61. The molecule has 0 fully saturated rings. The van der Waals surface area contributed by atoms with Crippen molar-refractivity contribution in [2.75, 3.05) is 7.11 Å². The third-order valence-electron chi connectivity index (χ3n) is 3.63. The van der Waals surface area contributed by atoms with E-state index >= 15 is 0 Å². The van der Waals surface area contributed by atoms with E-state index in [9.17, 15) is 0 Å². The first-order valence-corrected chi connectivity index (χ1v) is 7.15. The van der Waals surface area contributed by atoms with Crippen molar-refractivity contribution in [1.29, 1.82) is 0 Å². The highest BCUT2D eigenvalue weighted by atomic mass is 79.9. The Morgan fingerprint density at radius 3 is 2.60 bits per heavy atom. The molecule has 2 nitrogen and oxygen atoms in total. The van der Waals surface area contributed by atoms with E-state index in [2.05, 4.69) is 40.2 Å². The average molecular weight is 327 g/mol. The molecular formula is C17H11BrO2. The summed E-state index contributed by atoms with van der Waals surface area (Å²) in [5.74, 6) is 0.820. The number of methoxy groups -OCH3 is 1. The molecule has 0 aliphatic rings. The number of ether oxygens (including phenoxy) is 1. The molecule has 0 saturated heterocycles. The highest BCUT2D eigenvalue weighted by Crippen LogP contribution is 2.39. The van der Waals surface area contributed by atoms with Gasteiger partial charge in [-0.15, -0.1) is 0 Å². The summed E-state index contributed by atoms with van der Waals surface area (Å²) < 4.78 is 12.3. The summed E-state index contributed by atoms with van der Waals surface area (Å²) in [6, 6.07) is 16.4. The Labute approximate surface area is 124 Å². The van der Waals surface area contributed by atoms with E-state index in [4.69, 9.17) is 9.15 Å². The minimum atomic E-state index is 0.820. The van der Waals surface area contributed by atoms with Gasteiger partial charge in [0, 0.05) is 16.2 Å². The predicted molar refractivity (Wildman–Crippen MR) is 85.5 cm³/mol. The number of rotatable bonds is 1. The van der Waals surface area contributed by atoms with Gasteiger partial charge in [0.2, 0.25) is 0 Å². The Hall–Kier alpha value is -2.00. The van der Waals surface area contributed by atoms with Crippen LogP contribution in [0.4, 0.5) is 0 Å². The van der Waals surface area contributed by atoms with Crippen molar-refractivity contribution in [3.63, 3.8) is 0 Å². The van der Waals surface area contributed by atoms with Crippen molar-refractivity contribution in [2.45, 2.75) is 0 Å². The Kier molecular flexibility index (Phi) is 2.51. The quantitative estimate of drug-likeness (QED) is 0.460. The maximum Gasteiger partial charge on any atom is 0.149 e. The van der Waals surface area contributed by atoms with Crippen molar-refractivity contribution < 1.29 is 9.15 Å². The van der Waals surface area contributed by atoms with Gasteiger partial charge in [-0.05, 0) is 39.5 Å². The normalized spacial score (nSPS) is 11.5.